The second-order valence-corrected chi connectivity index (χ2v) is 5.51. The molecule has 0 aromatic carbocycles. The predicted octanol–water partition coefficient (Wildman–Crippen LogP) is 2.82. The Morgan fingerprint density at radius 1 is 1.67 bits per heavy atom. The number of aryl methyl sites for hydroxylation is 1. The highest BCUT2D eigenvalue weighted by molar-refractivity contribution is 7.99. The number of Topliss-reactive ketones (excluding diaryl/α,β-unsaturated/α-hetero) is 1. The van der Waals surface area contributed by atoms with Crippen LogP contribution in [0.25, 0.3) is 0 Å². The van der Waals surface area contributed by atoms with Crippen molar-refractivity contribution in [3.05, 3.63) is 11.3 Å². The third kappa shape index (κ3) is 3.21. The Hall–Kier alpha value is -0.550. The number of thioether (sulfide) groups is 1. The van der Waals surface area contributed by atoms with E-state index in [0.717, 1.165) is 22.8 Å². The number of nitrogens with zero attached hydrogens (tertiary/aromatic N) is 1. The number of carbonyl (C=O) groups is 1. The lowest BCUT2D eigenvalue weighted by atomic mass is 10.2. The van der Waals surface area contributed by atoms with Gasteiger partial charge in [0.2, 0.25) is 0 Å². The molecule has 0 aliphatic carbocycles. The zero-order valence-corrected chi connectivity index (χ0v) is 11.1. The van der Waals surface area contributed by atoms with Gasteiger partial charge in [-0.25, -0.2) is 0 Å². The molecule has 0 saturated carbocycles. The smallest absolute Gasteiger partial charge is 0.164 e. The van der Waals surface area contributed by atoms with Gasteiger partial charge in [0.05, 0.1) is 11.3 Å². The molecule has 0 spiro atoms. The molecular weight excluding hydrogens is 228 g/mol. The molecule has 0 aliphatic heterocycles. The monoisotopic (exact) mass is 244 g/mol. The maximum Gasteiger partial charge on any atom is 0.164 e. The number of rotatable bonds is 5. The Morgan fingerprint density at radius 2 is 2.33 bits per heavy atom. The third-order valence-electron chi connectivity index (χ3n) is 2.17. The average molecular weight is 244 g/mol. The van der Waals surface area contributed by atoms with Crippen LogP contribution in [0.5, 0.6) is 0 Å². The molecular formula is C10H16N2OS2. The van der Waals surface area contributed by atoms with Crippen LogP contribution in [-0.2, 0) is 0 Å². The first-order chi connectivity index (χ1) is 7.06. The zero-order chi connectivity index (χ0) is 11.4. The first-order valence-corrected chi connectivity index (χ1v) is 6.86. The van der Waals surface area contributed by atoms with Crippen LogP contribution in [0.4, 0.5) is 5.00 Å². The van der Waals surface area contributed by atoms with Gasteiger partial charge in [0.25, 0.3) is 0 Å². The lowest BCUT2D eigenvalue weighted by Gasteiger charge is -2.09. The maximum atomic E-state index is 11.4. The molecule has 1 aromatic rings. The van der Waals surface area contributed by atoms with Crippen molar-refractivity contribution in [2.75, 3.05) is 18.1 Å². The van der Waals surface area contributed by atoms with E-state index in [1.54, 1.807) is 18.7 Å². The van der Waals surface area contributed by atoms with Gasteiger partial charge < -0.3 is 5.32 Å². The van der Waals surface area contributed by atoms with Gasteiger partial charge in [-0.1, -0.05) is 6.92 Å². The van der Waals surface area contributed by atoms with Crippen molar-refractivity contribution >= 4 is 34.1 Å². The number of ketones is 1. The number of carbonyl (C=O) groups excluding carboxylic acids is 1. The van der Waals surface area contributed by atoms with Crippen molar-refractivity contribution in [3.8, 4) is 0 Å². The van der Waals surface area contributed by atoms with Crippen molar-refractivity contribution in [2.45, 2.75) is 26.0 Å². The van der Waals surface area contributed by atoms with Crippen molar-refractivity contribution < 1.29 is 4.79 Å². The minimum absolute atomic E-state index is 0.0838. The summed E-state index contributed by atoms with van der Waals surface area (Å²) in [6.45, 7) is 6.47. The molecule has 1 N–H and O–H groups in total. The highest BCUT2D eigenvalue weighted by atomic mass is 32.2. The van der Waals surface area contributed by atoms with Crippen molar-refractivity contribution in [1.82, 2.24) is 4.37 Å². The Kier molecular flexibility index (Phi) is 4.60. The van der Waals surface area contributed by atoms with E-state index >= 15 is 0 Å². The standard InChI is InChI=1S/C10H16N2OS2/c1-6(14-4)5-11-10-9(8(3)13)7(2)12-15-10/h6,11H,5H2,1-4H3. The summed E-state index contributed by atoms with van der Waals surface area (Å²) < 4.78 is 4.19. The van der Waals surface area contributed by atoms with Gasteiger partial charge in [0, 0.05) is 11.8 Å². The fourth-order valence-corrected chi connectivity index (χ4v) is 2.32. The Morgan fingerprint density at radius 3 is 2.87 bits per heavy atom. The number of aromatic nitrogens is 1. The van der Waals surface area contributed by atoms with Crippen molar-refractivity contribution in [1.29, 1.82) is 0 Å². The maximum absolute atomic E-state index is 11.4. The van der Waals surface area contributed by atoms with E-state index in [1.165, 1.54) is 11.5 Å². The summed E-state index contributed by atoms with van der Waals surface area (Å²) >= 11 is 3.17. The number of nitrogens with one attached hydrogen (secondary N) is 1. The van der Waals surface area contributed by atoms with Crippen LogP contribution in [0, 0.1) is 6.92 Å². The second-order valence-electron chi connectivity index (χ2n) is 3.46. The SMILES string of the molecule is CSC(C)CNc1snc(C)c1C(C)=O. The summed E-state index contributed by atoms with van der Waals surface area (Å²) in [6.07, 6.45) is 2.08. The Labute approximate surface area is 98.8 Å². The summed E-state index contributed by atoms with van der Waals surface area (Å²) in [5.41, 5.74) is 1.57. The minimum Gasteiger partial charge on any atom is -0.374 e. The molecule has 1 aromatic heterocycles. The normalized spacial score (nSPS) is 12.5. The van der Waals surface area contributed by atoms with Crippen LogP contribution >= 0.6 is 23.3 Å². The molecule has 0 bridgehead atoms. The largest absolute Gasteiger partial charge is 0.374 e. The van der Waals surface area contributed by atoms with Gasteiger partial charge in [-0.15, -0.1) is 0 Å². The highest BCUT2D eigenvalue weighted by Gasteiger charge is 2.14. The van der Waals surface area contributed by atoms with Crippen molar-refractivity contribution in [3.63, 3.8) is 0 Å². The van der Waals surface area contributed by atoms with Gasteiger partial charge in [-0.3, -0.25) is 4.79 Å². The van der Waals surface area contributed by atoms with Crippen LogP contribution in [0.3, 0.4) is 0 Å². The quantitative estimate of drug-likeness (QED) is 0.809. The van der Waals surface area contributed by atoms with E-state index in [9.17, 15) is 4.79 Å². The number of anilines is 1. The first kappa shape index (κ1) is 12.5. The molecule has 3 nitrogen and oxygen atoms in total. The van der Waals surface area contributed by atoms with Gasteiger partial charge in [0.1, 0.15) is 5.00 Å². The summed E-state index contributed by atoms with van der Waals surface area (Å²) in [6, 6.07) is 0. The average Bonchev–Trinajstić information content (AvgIpc) is 2.56. The molecule has 1 heterocycles. The van der Waals surface area contributed by atoms with E-state index < -0.39 is 0 Å². The molecule has 84 valence electrons. The van der Waals surface area contributed by atoms with Crippen LogP contribution in [0.1, 0.15) is 29.9 Å². The van der Waals surface area contributed by atoms with E-state index in [0.29, 0.717) is 5.25 Å². The summed E-state index contributed by atoms with van der Waals surface area (Å²) in [5.74, 6) is 0.0838. The second kappa shape index (κ2) is 5.51. The van der Waals surface area contributed by atoms with Crippen LogP contribution in [0.15, 0.2) is 0 Å². The molecule has 0 aliphatic rings. The fourth-order valence-electron chi connectivity index (χ4n) is 1.22. The Bertz CT molecular complexity index is 349. The Balaban J connectivity index is 2.73. The molecule has 0 amide bonds. The third-order valence-corrected chi connectivity index (χ3v) is 4.03. The summed E-state index contributed by atoms with van der Waals surface area (Å²) in [5, 5.41) is 4.72. The molecule has 0 saturated heterocycles. The molecule has 1 atom stereocenters. The van der Waals surface area contributed by atoms with Gasteiger partial charge in [-0.05, 0) is 31.6 Å². The minimum atomic E-state index is 0.0838. The van der Waals surface area contributed by atoms with E-state index in [4.69, 9.17) is 0 Å². The summed E-state index contributed by atoms with van der Waals surface area (Å²) in [7, 11) is 0. The van der Waals surface area contributed by atoms with E-state index in [1.807, 2.05) is 6.92 Å². The lowest BCUT2D eigenvalue weighted by molar-refractivity contribution is 0.101. The van der Waals surface area contributed by atoms with E-state index in [2.05, 4.69) is 22.9 Å². The molecule has 1 unspecified atom stereocenters. The predicted molar refractivity (Wildman–Crippen MR) is 68.3 cm³/mol. The van der Waals surface area contributed by atoms with E-state index in [-0.39, 0.29) is 5.78 Å². The highest BCUT2D eigenvalue weighted by Crippen LogP contribution is 2.25. The summed E-state index contributed by atoms with van der Waals surface area (Å²) in [4.78, 5) is 11.4. The molecule has 0 fully saturated rings. The van der Waals surface area contributed by atoms with Gasteiger partial charge >= 0.3 is 0 Å². The first-order valence-electron chi connectivity index (χ1n) is 4.80. The molecule has 5 heteroatoms. The molecule has 15 heavy (non-hydrogen) atoms. The van der Waals surface area contributed by atoms with Crippen LogP contribution < -0.4 is 5.32 Å². The van der Waals surface area contributed by atoms with Gasteiger partial charge in [-0.2, -0.15) is 16.1 Å². The number of hydrogen-bond donors (Lipinski definition) is 1. The van der Waals surface area contributed by atoms with Crippen LogP contribution in [0.2, 0.25) is 0 Å². The zero-order valence-electron chi connectivity index (χ0n) is 9.46. The van der Waals surface area contributed by atoms with Gasteiger partial charge in [0.15, 0.2) is 5.78 Å². The van der Waals surface area contributed by atoms with Crippen LogP contribution in [-0.4, -0.2) is 28.2 Å². The molecule has 0 radical (unpaired) electrons. The lowest BCUT2D eigenvalue weighted by Crippen LogP contribution is -2.13. The fraction of sp³-hybridized carbons (Fsp3) is 0.600. The molecule has 1 rings (SSSR count). The number of hydrogen-bond acceptors (Lipinski definition) is 5. The topological polar surface area (TPSA) is 42.0 Å². The van der Waals surface area contributed by atoms with Crippen molar-refractivity contribution in [2.24, 2.45) is 0 Å².